The van der Waals surface area contributed by atoms with Gasteiger partial charge in [0.15, 0.2) is 0 Å². The molecule has 5 rings (SSSR count). The lowest BCUT2D eigenvalue weighted by atomic mass is 9.97. The van der Waals surface area contributed by atoms with Gasteiger partial charge in [0.2, 0.25) is 10.0 Å². The topological polar surface area (TPSA) is 70.6 Å². The summed E-state index contributed by atoms with van der Waals surface area (Å²) in [6.45, 7) is 0. The highest BCUT2D eigenvalue weighted by molar-refractivity contribution is 7.89. The molecule has 6 nitrogen and oxygen atoms in total. The van der Waals surface area contributed by atoms with Crippen LogP contribution in [-0.4, -0.2) is 37.7 Å². The van der Waals surface area contributed by atoms with Gasteiger partial charge in [-0.05, 0) is 36.4 Å². The van der Waals surface area contributed by atoms with E-state index < -0.39 is 39.3 Å². The number of likely N-dealkylation sites (N-methyl/N-ethyl adjacent to an activating group) is 1. The summed E-state index contributed by atoms with van der Waals surface area (Å²) < 4.78 is 85.7. The van der Waals surface area contributed by atoms with E-state index in [-0.39, 0.29) is 27.5 Å². The zero-order valence-corrected chi connectivity index (χ0v) is 22.0. The molecule has 12 heteroatoms. The molecule has 1 aliphatic heterocycles. The fourth-order valence-corrected chi connectivity index (χ4v) is 6.38. The predicted octanol–water partition coefficient (Wildman–Crippen LogP) is 5.63. The van der Waals surface area contributed by atoms with Crippen LogP contribution in [0, 0.1) is 23.3 Å². The first-order valence-corrected chi connectivity index (χ1v) is 13.7. The number of fused-ring (bicyclic) bond motifs is 1. The minimum absolute atomic E-state index is 0.230. The summed E-state index contributed by atoms with van der Waals surface area (Å²) in [5.74, 6) is -4.40. The third kappa shape index (κ3) is 4.75. The molecule has 0 bridgehead atoms. The SMILES string of the molecule is CN1C(=O)/C(=C/c2nccs2)c2cc(S(=O)(=O)N(C)C(c3ccc(F)cc3F)c3ccc(F)cc3F)ccc21. The van der Waals surface area contributed by atoms with Crippen molar-refractivity contribution < 1.29 is 30.8 Å². The average molecular weight is 574 g/mol. The molecule has 4 aromatic rings. The van der Waals surface area contributed by atoms with Gasteiger partial charge in [-0.2, -0.15) is 4.31 Å². The van der Waals surface area contributed by atoms with Crippen molar-refractivity contribution >= 4 is 44.6 Å². The molecular formula is C27H19F4N3O3S2. The quantitative estimate of drug-likeness (QED) is 0.222. The van der Waals surface area contributed by atoms with Crippen molar-refractivity contribution in [2.75, 3.05) is 19.0 Å². The van der Waals surface area contributed by atoms with E-state index in [1.165, 1.54) is 34.4 Å². The standard InChI is InChI=1S/C27H19F4N3O3S2/c1-33-24-8-5-17(13-20(24)21(27(33)35)14-25-32-9-10-38-25)39(36,37)34(2)26(18-6-3-15(28)11-22(18)30)19-7-4-16(29)12-23(19)31/h3-14,26H,1-2H3/b21-14+. The van der Waals surface area contributed by atoms with Gasteiger partial charge in [-0.1, -0.05) is 12.1 Å². The molecule has 0 N–H and O–H groups in total. The first-order chi connectivity index (χ1) is 18.5. The Labute approximate surface area is 225 Å². The molecule has 0 spiro atoms. The Hall–Kier alpha value is -3.87. The molecule has 1 aliphatic rings. The molecule has 0 fully saturated rings. The van der Waals surface area contributed by atoms with E-state index in [0.717, 1.165) is 35.6 Å². The molecule has 0 aliphatic carbocycles. The van der Waals surface area contributed by atoms with E-state index >= 15 is 0 Å². The number of rotatable bonds is 6. The molecule has 3 aromatic carbocycles. The van der Waals surface area contributed by atoms with Crippen LogP contribution in [0.25, 0.3) is 11.6 Å². The van der Waals surface area contributed by atoms with Crippen LogP contribution in [0.15, 0.2) is 71.1 Å². The van der Waals surface area contributed by atoms with Crippen molar-refractivity contribution in [3.63, 3.8) is 0 Å². The van der Waals surface area contributed by atoms with Gasteiger partial charge in [0, 0.05) is 54.5 Å². The number of carbonyl (C=O) groups is 1. The van der Waals surface area contributed by atoms with Gasteiger partial charge in [-0.3, -0.25) is 4.79 Å². The number of hydrogen-bond acceptors (Lipinski definition) is 5. The monoisotopic (exact) mass is 573 g/mol. The average Bonchev–Trinajstić information content (AvgIpc) is 3.49. The Balaban J connectivity index is 1.64. The van der Waals surface area contributed by atoms with Crippen molar-refractivity contribution in [1.29, 1.82) is 0 Å². The molecule has 0 unspecified atom stereocenters. The molecule has 0 saturated heterocycles. The van der Waals surface area contributed by atoms with E-state index in [9.17, 15) is 30.8 Å². The predicted molar refractivity (Wildman–Crippen MR) is 139 cm³/mol. The van der Waals surface area contributed by atoms with Crippen LogP contribution in [0.2, 0.25) is 0 Å². The number of amides is 1. The highest BCUT2D eigenvalue weighted by Gasteiger charge is 2.36. The molecule has 1 amide bonds. The second-order valence-electron chi connectivity index (χ2n) is 8.73. The van der Waals surface area contributed by atoms with Crippen LogP contribution in [0.1, 0.15) is 27.7 Å². The van der Waals surface area contributed by atoms with Gasteiger partial charge < -0.3 is 4.90 Å². The van der Waals surface area contributed by atoms with Crippen LogP contribution in [-0.2, 0) is 14.8 Å². The van der Waals surface area contributed by atoms with Gasteiger partial charge in [0.1, 0.15) is 28.3 Å². The maximum atomic E-state index is 14.9. The second kappa shape index (κ2) is 10.0. The third-order valence-electron chi connectivity index (χ3n) is 6.43. The Kier molecular flexibility index (Phi) is 6.87. The summed E-state index contributed by atoms with van der Waals surface area (Å²) in [5.41, 5.74) is 0.356. The fourth-order valence-electron chi connectivity index (χ4n) is 4.47. The van der Waals surface area contributed by atoms with Crippen molar-refractivity contribution in [3.8, 4) is 0 Å². The first-order valence-electron chi connectivity index (χ1n) is 11.4. The van der Waals surface area contributed by atoms with E-state index in [4.69, 9.17) is 0 Å². The Morgan fingerprint density at radius 3 is 2.10 bits per heavy atom. The van der Waals surface area contributed by atoms with Gasteiger partial charge in [0.25, 0.3) is 5.91 Å². The minimum Gasteiger partial charge on any atom is -0.311 e. The molecule has 200 valence electrons. The Morgan fingerprint density at radius 1 is 0.949 bits per heavy atom. The third-order valence-corrected chi connectivity index (χ3v) is 8.97. The van der Waals surface area contributed by atoms with Crippen LogP contribution in [0.3, 0.4) is 0 Å². The number of aromatic nitrogens is 1. The van der Waals surface area contributed by atoms with Gasteiger partial charge in [-0.25, -0.2) is 31.0 Å². The van der Waals surface area contributed by atoms with E-state index in [1.807, 2.05) is 0 Å². The van der Waals surface area contributed by atoms with Gasteiger partial charge in [0.05, 0.1) is 22.2 Å². The first kappa shape index (κ1) is 26.7. The summed E-state index contributed by atoms with van der Waals surface area (Å²) in [5, 5.41) is 2.28. The molecule has 2 heterocycles. The summed E-state index contributed by atoms with van der Waals surface area (Å²) in [6, 6.07) is 7.39. The molecule has 0 atom stereocenters. The van der Waals surface area contributed by atoms with Crippen LogP contribution in [0.5, 0.6) is 0 Å². The number of anilines is 1. The lowest BCUT2D eigenvalue weighted by molar-refractivity contribution is -0.112. The number of halogens is 4. The zero-order valence-electron chi connectivity index (χ0n) is 20.4. The van der Waals surface area contributed by atoms with E-state index in [1.54, 1.807) is 24.7 Å². The summed E-state index contributed by atoms with van der Waals surface area (Å²) >= 11 is 1.30. The van der Waals surface area contributed by atoms with Crippen LogP contribution in [0.4, 0.5) is 23.2 Å². The van der Waals surface area contributed by atoms with Gasteiger partial charge in [-0.15, -0.1) is 11.3 Å². The smallest absolute Gasteiger partial charge is 0.258 e. The maximum Gasteiger partial charge on any atom is 0.258 e. The normalized spacial score (nSPS) is 14.6. The molecular weight excluding hydrogens is 554 g/mol. The largest absolute Gasteiger partial charge is 0.311 e. The molecule has 0 saturated carbocycles. The van der Waals surface area contributed by atoms with Crippen molar-refractivity contribution in [1.82, 2.24) is 9.29 Å². The van der Waals surface area contributed by atoms with Crippen molar-refractivity contribution in [3.05, 3.63) is 111 Å². The van der Waals surface area contributed by atoms with Crippen LogP contribution >= 0.6 is 11.3 Å². The number of carbonyl (C=O) groups excluding carboxylic acids is 1. The highest BCUT2D eigenvalue weighted by atomic mass is 32.2. The molecule has 39 heavy (non-hydrogen) atoms. The maximum absolute atomic E-state index is 14.9. The lowest BCUT2D eigenvalue weighted by Crippen LogP contribution is -2.33. The number of sulfonamides is 1. The molecule has 1 aromatic heterocycles. The fraction of sp³-hybridized carbons (Fsp3) is 0.111. The number of benzene rings is 3. The minimum atomic E-state index is -4.49. The number of hydrogen-bond donors (Lipinski definition) is 0. The second-order valence-corrected chi connectivity index (χ2v) is 11.7. The lowest BCUT2D eigenvalue weighted by Gasteiger charge is -2.29. The molecule has 0 radical (unpaired) electrons. The summed E-state index contributed by atoms with van der Waals surface area (Å²) in [7, 11) is -1.82. The van der Waals surface area contributed by atoms with Crippen LogP contribution < -0.4 is 4.90 Å². The zero-order chi connectivity index (χ0) is 28.1. The summed E-state index contributed by atoms with van der Waals surface area (Å²) in [4.78, 5) is 18.2. The van der Waals surface area contributed by atoms with Gasteiger partial charge >= 0.3 is 0 Å². The number of nitrogens with zero attached hydrogens (tertiary/aromatic N) is 3. The Bertz CT molecular complexity index is 1690. The Morgan fingerprint density at radius 2 is 1.56 bits per heavy atom. The number of thiazole rings is 1. The van der Waals surface area contributed by atoms with E-state index in [2.05, 4.69) is 4.98 Å². The van der Waals surface area contributed by atoms with E-state index in [0.29, 0.717) is 28.4 Å². The highest BCUT2D eigenvalue weighted by Crippen LogP contribution is 2.40. The van der Waals surface area contributed by atoms with Crippen molar-refractivity contribution in [2.24, 2.45) is 0 Å². The summed E-state index contributed by atoms with van der Waals surface area (Å²) in [6.07, 6.45) is 3.13. The van der Waals surface area contributed by atoms with Crippen molar-refractivity contribution in [2.45, 2.75) is 10.9 Å².